The van der Waals surface area contributed by atoms with Gasteiger partial charge in [-0.3, -0.25) is 0 Å². The zero-order valence-corrected chi connectivity index (χ0v) is 27.8. The molecular formula is C37H55ClO6. The number of halogens is 1. The second-order valence-electron chi connectivity index (χ2n) is 10.5. The summed E-state index contributed by atoms with van der Waals surface area (Å²) in [5, 5.41) is 0.641. The van der Waals surface area contributed by atoms with Crippen molar-refractivity contribution in [2.45, 2.75) is 82.6 Å². The first-order valence-corrected chi connectivity index (χ1v) is 14.3. The molecule has 0 saturated carbocycles. The summed E-state index contributed by atoms with van der Waals surface area (Å²) in [6, 6.07) is 13.9. The molecule has 0 spiro atoms. The fourth-order valence-corrected chi connectivity index (χ4v) is 4.89. The summed E-state index contributed by atoms with van der Waals surface area (Å²) < 4.78 is 20.9. The highest BCUT2D eigenvalue weighted by Crippen LogP contribution is 2.34. The van der Waals surface area contributed by atoms with E-state index in [4.69, 9.17) is 30.5 Å². The van der Waals surface area contributed by atoms with Gasteiger partial charge in [-0.25, -0.2) is 0 Å². The molecule has 0 heterocycles. The highest BCUT2D eigenvalue weighted by molar-refractivity contribution is 6.30. The number of ether oxygens (including phenoxy) is 4. The van der Waals surface area contributed by atoms with Gasteiger partial charge in [0.25, 0.3) is 0 Å². The first-order valence-electron chi connectivity index (χ1n) is 13.9. The Labute approximate surface area is 272 Å². The van der Waals surface area contributed by atoms with Gasteiger partial charge >= 0.3 is 0 Å². The third-order valence-corrected chi connectivity index (χ3v) is 6.87. The number of hydrogen-bond acceptors (Lipinski definition) is 6. The van der Waals surface area contributed by atoms with Crippen LogP contribution in [0.1, 0.15) is 77.1 Å². The van der Waals surface area contributed by atoms with Crippen LogP contribution in [0.4, 0.5) is 0 Å². The first kappa shape index (κ1) is 42.6. The van der Waals surface area contributed by atoms with Crippen LogP contribution < -0.4 is 18.9 Å². The summed E-state index contributed by atoms with van der Waals surface area (Å²) in [6.45, 7) is 13.5. The van der Waals surface area contributed by atoms with E-state index < -0.39 is 0 Å². The minimum absolute atomic E-state index is 0. The topological polar surface area (TPSA) is 71.1 Å². The Kier molecular flexibility index (Phi) is 20.6. The SMILES string of the molecule is C.C.CC(=O)CCC(C)CC(C)=O.COc1c(C)cc(-c2cc(C)c(OC)c(C)c2)cc1C.COc1ccc(Cl)cc1OC. The van der Waals surface area contributed by atoms with Crippen LogP contribution in [-0.4, -0.2) is 40.0 Å². The molecule has 3 aromatic rings. The highest BCUT2D eigenvalue weighted by Gasteiger charge is 2.10. The normalized spacial score (nSPS) is 10.3. The summed E-state index contributed by atoms with van der Waals surface area (Å²) in [4.78, 5) is 21.2. The number of rotatable bonds is 10. The lowest BCUT2D eigenvalue weighted by molar-refractivity contribution is -0.119. The lowest BCUT2D eigenvalue weighted by atomic mass is 9.96. The molecule has 0 aliphatic rings. The summed E-state index contributed by atoms with van der Waals surface area (Å²) in [6.07, 6.45) is 2.05. The molecule has 3 rings (SSSR count). The average molecular weight is 631 g/mol. The summed E-state index contributed by atoms with van der Waals surface area (Å²) in [5.41, 5.74) is 7.08. The van der Waals surface area contributed by atoms with Gasteiger partial charge in [0.1, 0.15) is 23.1 Å². The molecule has 0 aliphatic heterocycles. The van der Waals surface area contributed by atoms with E-state index >= 15 is 0 Å². The van der Waals surface area contributed by atoms with E-state index in [1.165, 1.54) is 11.1 Å². The summed E-state index contributed by atoms with van der Waals surface area (Å²) >= 11 is 5.72. The number of aryl methyl sites for hydroxylation is 4. The van der Waals surface area contributed by atoms with Gasteiger partial charge < -0.3 is 28.5 Å². The molecule has 0 aliphatic carbocycles. The quantitative estimate of drug-likeness (QED) is 0.222. The Morgan fingerprint density at radius 1 is 0.659 bits per heavy atom. The van der Waals surface area contributed by atoms with Crippen LogP contribution in [0.5, 0.6) is 23.0 Å². The second kappa shape index (κ2) is 21.2. The Bertz CT molecular complexity index is 1230. The maximum atomic E-state index is 10.6. The molecule has 0 bridgehead atoms. The largest absolute Gasteiger partial charge is 0.496 e. The molecular weight excluding hydrogens is 576 g/mol. The van der Waals surface area contributed by atoms with Crippen molar-refractivity contribution in [3.63, 3.8) is 0 Å². The monoisotopic (exact) mass is 630 g/mol. The fraction of sp³-hybridized carbons (Fsp3) is 0.459. The molecule has 0 amide bonds. The zero-order chi connectivity index (χ0) is 32.0. The molecule has 246 valence electrons. The van der Waals surface area contributed by atoms with Gasteiger partial charge in [-0.2, -0.15) is 0 Å². The van der Waals surface area contributed by atoms with Crippen molar-refractivity contribution < 1.29 is 28.5 Å². The van der Waals surface area contributed by atoms with Gasteiger partial charge in [0.05, 0.1) is 28.4 Å². The number of hydrogen-bond donors (Lipinski definition) is 0. The average Bonchev–Trinajstić information content (AvgIpc) is 2.92. The van der Waals surface area contributed by atoms with Crippen LogP contribution in [-0.2, 0) is 9.59 Å². The van der Waals surface area contributed by atoms with Gasteiger partial charge in [0.15, 0.2) is 11.5 Å². The van der Waals surface area contributed by atoms with Crippen molar-refractivity contribution in [1.29, 1.82) is 0 Å². The summed E-state index contributed by atoms with van der Waals surface area (Å²) in [7, 11) is 6.60. The standard InChI is InChI=1S/C18H22O2.C9H16O2.C8H9ClO2.2CH4/c1-11-7-15(8-12(2)17(11)19-5)16-9-13(3)18(20-6)14(4)10-16;1-7(6-9(3)11)4-5-8(2)10;1-10-7-4-3-6(9)5-8(7)11-2;;/h7-10H,1-6H3;7H,4-6H2,1-3H3;3-5H,1-2H3;2*1H4. The van der Waals surface area contributed by atoms with Crippen LogP contribution >= 0.6 is 11.6 Å². The van der Waals surface area contributed by atoms with Crippen molar-refractivity contribution in [2.24, 2.45) is 5.92 Å². The number of benzene rings is 3. The maximum absolute atomic E-state index is 10.6. The van der Waals surface area contributed by atoms with Crippen molar-refractivity contribution in [2.75, 3.05) is 28.4 Å². The van der Waals surface area contributed by atoms with E-state index in [0.717, 1.165) is 40.2 Å². The number of Topliss-reactive ketones (excluding diaryl/α,β-unsaturated/α-hetero) is 2. The molecule has 7 heteroatoms. The molecule has 0 fully saturated rings. The minimum atomic E-state index is 0. The number of methoxy groups -OCH3 is 4. The van der Waals surface area contributed by atoms with Crippen molar-refractivity contribution in [1.82, 2.24) is 0 Å². The third-order valence-electron chi connectivity index (χ3n) is 6.63. The molecule has 1 atom stereocenters. The highest BCUT2D eigenvalue weighted by atomic mass is 35.5. The number of ketones is 2. The Hall–Kier alpha value is -3.51. The molecule has 1 unspecified atom stereocenters. The number of carbonyl (C=O) groups is 2. The van der Waals surface area contributed by atoms with E-state index in [1.54, 1.807) is 60.5 Å². The van der Waals surface area contributed by atoms with Crippen molar-refractivity contribution >= 4 is 23.2 Å². The first-order chi connectivity index (χ1) is 19.8. The van der Waals surface area contributed by atoms with Crippen LogP contribution in [0.3, 0.4) is 0 Å². The molecule has 0 N–H and O–H groups in total. The van der Waals surface area contributed by atoms with Gasteiger partial charge in [-0.15, -0.1) is 0 Å². The summed E-state index contributed by atoms with van der Waals surface area (Å²) in [5.74, 6) is 4.06. The molecule has 3 aromatic carbocycles. The fourth-order valence-electron chi connectivity index (χ4n) is 4.73. The van der Waals surface area contributed by atoms with Crippen molar-refractivity contribution in [3.8, 4) is 34.1 Å². The molecule has 6 nitrogen and oxygen atoms in total. The van der Waals surface area contributed by atoms with Crippen LogP contribution in [0.2, 0.25) is 5.02 Å². The zero-order valence-electron chi connectivity index (χ0n) is 27.1. The molecule has 44 heavy (non-hydrogen) atoms. The molecule has 0 aromatic heterocycles. The van der Waals surface area contributed by atoms with Gasteiger partial charge in [-0.1, -0.05) is 33.4 Å². The third kappa shape index (κ3) is 13.9. The predicted molar refractivity (Wildman–Crippen MR) is 186 cm³/mol. The van der Waals surface area contributed by atoms with Crippen LogP contribution in [0.25, 0.3) is 11.1 Å². The molecule has 0 saturated heterocycles. The van der Waals surface area contributed by atoms with Gasteiger partial charge in [0.2, 0.25) is 0 Å². The van der Waals surface area contributed by atoms with E-state index in [0.29, 0.717) is 35.3 Å². The lowest BCUT2D eigenvalue weighted by Crippen LogP contribution is -2.03. The van der Waals surface area contributed by atoms with E-state index in [1.807, 2.05) is 6.92 Å². The predicted octanol–water partition coefficient (Wildman–Crippen LogP) is 10.2. The minimum Gasteiger partial charge on any atom is -0.496 e. The van der Waals surface area contributed by atoms with E-state index in [9.17, 15) is 9.59 Å². The number of carbonyl (C=O) groups excluding carboxylic acids is 2. The van der Waals surface area contributed by atoms with Crippen molar-refractivity contribution in [3.05, 3.63) is 69.7 Å². The van der Waals surface area contributed by atoms with E-state index in [-0.39, 0.29) is 26.4 Å². The van der Waals surface area contributed by atoms with Crippen LogP contribution in [0, 0.1) is 33.6 Å². The Morgan fingerprint density at radius 3 is 1.39 bits per heavy atom. The van der Waals surface area contributed by atoms with Gasteiger partial charge in [-0.05, 0) is 124 Å². The maximum Gasteiger partial charge on any atom is 0.162 e. The van der Waals surface area contributed by atoms with Crippen LogP contribution in [0.15, 0.2) is 42.5 Å². The molecule has 0 radical (unpaired) electrons. The Balaban J connectivity index is 0. The van der Waals surface area contributed by atoms with Gasteiger partial charge in [0, 0.05) is 23.9 Å². The Morgan fingerprint density at radius 2 is 1.07 bits per heavy atom. The van der Waals surface area contributed by atoms with E-state index in [2.05, 4.69) is 52.0 Å². The lowest BCUT2D eigenvalue weighted by Gasteiger charge is -2.14. The second-order valence-corrected chi connectivity index (χ2v) is 11.0. The smallest absolute Gasteiger partial charge is 0.162 e.